The first-order chi connectivity index (χ1) is 17.5. The number of aromatic amines is 1. The molecule has 6 heteroatoms. The van der Waals surface area contributed by atoms with Gasteiger partial charge in [0.2, 0.25) is 5.91 Å². The van der Waals surface area contributed by atoms with E-state index in [1.54, 1.807) is 0 Å². The molecule has 1 aliphatic heterocycles. The summed E-state index contributed by atoms with van der Waals surface area (Å²) >= 11 is 0. The van der Waals surface area contributed by atoms with E-state index in [2.05, 4.69) is 10.3 Å². The zero-order valence-corrected chi connectivity index (χ0v) is 20.1. The van der Waals surface area contributed by atoms with Crippen LogP contribution in [0.15, 0.2) is 84.9 Å². The number of carbonyl (C=O) groups is 3. The van der Waals surface area contributed by atoms with E-state index in [0.29, 0.717) is 19.4 Å². The quantitative estimate of drug-likeness (QED) is 0.290. The van der Waals surface area contributed by atoms with E-state index in [9.17, 15) is 14.4 Å². The van der Waals surface area contributed by atoms with Crippen molar-refractivity contribution in [1.82, 2.24) is 10.3 Å². The molecule has 1 amide bonds. The Morgan fingerprint density at radius 1 is 0.944 bits per heavy atom. The highest BCUT2D eigenvalue weighted by Gasteiger charge is 2.49. The lowest BCUT2D eigenvalue weighted by molar-refractivity contribution is -0.144. The highest BCUT2D eigenvalue weighted by atomic mass is 16.6. The molecular weight excluding hydrogens is 452 g/mol. The molecule has 0 spiro atoms. The molecule has 3 aromatic carbocycles. The van der Waals surface area contributed by atoms with Crippen LogP contribution in [0.5, 0.6) is 0 Å². The molecule has 6 nitrogen and oxygen atoms in total. The molecule has 1 aliphatic rings. The predicted octanol–water partition coefficient (Wildman–Crippen LogP) is 4.33. The molecule has 0 saturated carbocycles. The number of aromatic nitrogens is 1. The van der Waals surface area contributed by atoms with Crippen molar-refractivity contribution in [2.45, 2.75) is 31.8 Å². The van der Waals surface area contributed by atoms with Gasteiger partial charge in [0.1, 0.15) is 5.92 Å². The molecule has 1 aromatic heterocycles. The average molecular weight is 481 g/mol. The number of hydrogen-bond donors (Lipinski definition) is 2. The highest BCUT2D eigenvalue weighted by molar-refractivity contribution is 6.08. The summed E-state index contributed by atoms with van der Waals surface area (Å²) in [5.74, 6) is -2.31. The molecule has 1 fully saturated rings. The average Bonchev–Trinajstić information content (AvgIpc) is 3.38. The van der Waals surface area contributed by atoms with Crippen molar-refractivity contribution in [3.63, 3.8) is 0 Å². The summed E-state index contributed by atoms with van der Waals surface area (Å²) in [6, 6.07) is 27.1. The molecule has 0 aliphatic carbocycles. The minimum atomic E-state index is -0.964. The largest absolute Gasteiger partial charge is 0.453 e. The third-order valence-corrected chi connectivity index (χ3v) is 6.80. The Balaban J connectivity index is 1.58. The molecule has 5 rings (SSSR count). The van der Waals surface area contributed by atoms with E-state index in [1.807, 2.05) is 84.9 Å². The van der Waals surface area contributed by atoms with Crippen LogP contribution in [-0.4, -0.2) is 35.3 Å². The molecule has 0 bridgehead atoms. The minimum absolute atomic E-state index is 0.102. The summed E-state index contributed by atoms with van der Waals surface area (Å²) in [5.41, 5.74) is 4.53. The monoisotopic (exact) mass is 480 g/mol. The number of hydrogen-bond acceptors (Lipinski definition) is 4. The lowest BCUT2D eigenvalue weighted by atomic mass is 9.79. The fourth-order valence-electron chi connectivity index (χ4n) is 5.16. The van der Waals surface area contributed by atoms with E-state index in [1.165, 1.54) is 6.92 Å². The molecule has 3 unspecified atom stereocenters. The fraction of sp³-hybridized carbons (Fsp3) is 0.233. The summed E-state index contributed by atoms with van der Waals surface area (Å²) < 4.78 is 5.68. The van der Waals surface area contributed by atoms with E-state index < -0.39 is 23.9 Å². The first-order valence-corrected chi connectivity index (χ1v) is 12.2. The number of esters is 1. The van der Waals surface area contributed by atoms with Gasteiger partial charge < -0.3 is 15.0 Å². The van der Waals surface area contributed by atoms with Gasteiger partial charge in [-0.2, -0.15) is 0 Å². The summed E-state index contributed by atoms with van der Waals surface area (Å²) in [5, 5.41) is 3.88. The minimum Gasteiger partial charge on any atom is -0.453 e. The second kappa shape index (κ2) is 10.2. The zero-order chi connectivity index (χ0) is 25.1. The van der Waals surface area contributed by atoms with Crippen LogP contribution < -0.4 is 5.32 Å². The number of benzene rings is 3. The van der Waals surface area contributed by atoms with Gasteiger partial charge in [-0.05, 0) is 29.2 Å². The number of cyclic esters (lactones) is 1. The van der Waals surface area contributed by atoms with Gasteiger partial charge in [0, 0.05) is 42.4 Å². The molecule has 2 N–H and O–H groups in total. The summed E-state index contributed by atoms with van der Waals surface area (Å²) in [4.78, 5) is 42.1. The number of Topliss-reactive ketones (excluding diaryl/α,β-unsaturated/α-hetero) is 1. The van der Waals surface area contributed by atoms with Gasteiger partial charge in [-0.25, -0.2) is 0 Å². The maximum absolute atomic E-state index is 13.7. The van der Waals surface area contributed by atoms with Crippen LogP contribution in [0.2, 0.25) is 0 Å². The lowest BCUT2D eigenvalue weighted by Gasteiger charge is -2.22. The highest BCUT2D eigenvalue weighted by Crippen LogP contribution is 2.41. The molecule has 3 atom stereocenters. The number of nitrogens with one attached hydrogen (secondary N) is 2. The molecule has 2 heterocycles. The van der Waals surface area contributed by atoms with Gasteiger partial charge in [0.05, 0.1) is 0 Å². The number of carbonyl (C=O) groups excluding carboxylic acids is 3. The first-order valence-electron chi connectivity index (χ1n) is 12.2. The van der Waals surface area contributed by atoms with Gasteiger partial charge in [-0.1, -0.05) is 78.9 Å². The normalized spacial score (nSPS) is 18.2. The number of ketones is 1. The Bertz CT molecular complexity index is 1390. The second-order valence-electron chi connectivity index (χ2n) is 9.18. The smallest absolute Gasteiger partial charge is 0.318 e. The van der Waals surface area contributed by atoms with Crippen LogP contribution in [0.25, 0.3) is 10.9 Å². The maximum atomic E-state index is 13.7. The molecule has 0 radical (unpaired) electrons. The Hall–Kier alpha value is -4.19. The first kappa shape index (κ1) is 23.5. The number of fused-ring (bicyclic) bond motifs is 1. The van der Waals surface area contributed by atoms with Crippen LogP contribution in [-0.2, 0) is 32.0 Å². The predicted molar refractivity (Wildman–Crippen MR) is 137 cm³/mol. The Kier molecular flexibility index (Phi) is 6.67. The summed E-state index contributed by atoms with van der Waals surface area (Å²) in [7, 11) is 0. The van der Waals surface area contributed by atoms with Crippen LogP contribution in [0, 0.1) is 5.92 Å². The maximum Gasteiger partial charge on any atom is 0.318 e. The Morgan fingerprint density at radius 3 is 2.33 bits per heavy atom. The van der Waals surface area contributed by atoms with Gasteiger partial charge >= 0.3 is 5.97 Å². The van der Waals surface area contributed by atoms with Crippen molar-refractivity contribution in [2.75, 3.05) is 6.54 Å². The van der Waals surface area contributed by atoms with Crippen LogP contribution >= 0.6 is 0 Å². The lowest BCUT2D eigenvalue weighted by Crippen LogP contribution is -2.29. The van der Waals surface area contributed by atoms with Crippen LogP contribution in [0.4, 0.5) is 0 Å². The standard InChI is InChI=1S/C30H28N2O4/c1-19(33)31-17-16-23-22-14-8-9-15-24(22)32-28(23)26(21-12-6-3-7-13-21)27-29(34)25(36-30(27)35)18-20-10-4-2-5-11-20/h2-15,25-27,32H,16-18H2,1H3,(H,31,33). The van der Waals surface area contributed by atoms with E-state index >= 15 is 0 Å². The third kappa shape index (κ3) is 4.67. The second-order valence-corrected chi connectivity index (χ2v) is 9.18. The summed E-state index contributed by atoms with van der Waals surface area (Å²) in [6.45, 7) is 1.94. The fourth-order valence-corrected chi connectivity index (χ4v) is 5.16. The summed E-state index contributed by atoms with van der Waals surface area (Å²) in [6.07, 6.45) is 0.0975. The third-order valence-electron chi connectivity index (χ3n) is 6.80. The zero-order valence-electron chi connectivity index (χ0n) is 20.1. The molecule has 182 valence electrons. The van der Waals surface area contributed by atoms with E-state index in [0.717, 1.165) is 33.3 Å². The Morgan fingerprint density at radius 2 is 1.61 bits per heavy atom. The van der Waals surface area contributed by atoms with Crippen molar-refractivity contribution in [3.8, 4) is 0 Å². The number of amides is 1. The SMILES string of the molecule is CC(=O)NCCc1c(C(c2ccccc2)C2C(=O)OC(Cc3ccccc3)C2=O)[nH]c2ccccc12. The van der Waals surface area contributed by atoms with Gasteiger partial charge in [-0.3, -0.25) is 14.4 Å². The van der Waals surface area contributed by atoms with Gasteiger partial charge in [-0.15, -0.1) is 0 Å². The van der Waals surface area contributed by atoms with Crippen molar-refractivity contribution in [3.05, 3.63) is 107 Å². The number of ether oxygens (including phenoxy) is 1. The molecule has 1 saturated heterocycles. The van der Waals surface area contributed by atoms with E-state index in [4.69, 9.17) is 4.74 Å². The van der Waals surface area contributed by atoms with Crippen LogP contribution in [0.3, 0.4) is 0 Å². The van der Waals surface area contributed by atoms with Gasteiger partial charge in [0.25, 0.3) is 0 Å². The van der Waals surface area contributed by atoms with Gasteiger partial charge in [0.15, 0.2) is 11.9 Å². The molecule has 36 heavy (non-hydrogen) atoms. The van der Waals surface area contributed by atoms with Crippen molar-refractivity contribution in [2.24, 2.45) is 5.92 Å². The number of H-pyrrole nitrogens is 1. The van der Waals surface area contributed by atoms with Crippen LogP contribution in [0.1, 0.15) is 35.2 Å². The topological polar surface area (TPSA) is 88.3 Å². The van der Waals surface area contributed by atoms with Crippen molar-refractivity contribution in [1.29, 1.82) is 0 Å². The van der Waals surface area contributed by atoms with Crippen molar-refractivity contribution < 1.29 is 19.1 Å². The number of para-hydroxylation sites is 1. The Labute approximate surface area is 209 Å². The molecule has 4 aromatic rings. The number of rotatable bonds is 8. The molecular formula is C30H28N2O4. The van der Waals surface area contributed by atoms with Crippen molar-refractivity contribution >= 4 is 28.6 Å². The van der Waals surface area contributed by atoms with E-state index in [-0.39, 0.29) is 11.7 Å².